The number of nitrogens with zero attached hydrogens (tertiary/aromatic N) is 1. The van der Waals surface area contributed by atoms with Crippen LogP contribution in [0.3, 0.4) is 0 Å². The van der Waals surface area contributed by atoms with Gasteiger partial charge in [-0.3, -0.25) is 10.1 Å². The number of halogens is 2. The van der Waals surface area contributed by atoms with E-state index in [1.807, 2.05) is 22.6 Å². The highest BCUT2D eigenvalue weighted by Crippen LogP contribution is 2.35. The Balaban J connectivity index is 2.36. The molecule has 0 bridgehead atoms. The summed E-state index contributed by atoms with van der Waals surface area (Å²) in [5.41, 5.74) is -0.0701. The normalized spacial score (nSPS) is 10.4. The molecule has 2 aromatic carbocycles. The number of aromatic carboxylic acids is 1. The number of rotatable bonds is 4. The van der Waals surface area contributed by atoms with Crippen LogP contribution < -0.4 is 0 Å². The highest BCUT2D eigenvalue weighted by molar-refractivity contribution is 14.1. The van der Waals surface area contributed by atoms with Crippen molar-refractivity contribution in [2.75, 3.05) is 0 Å². The number of nitro groups is 1. The summed E-state index contributed by atoms with van der Waals surface area (Å²) < 4.78 is 14.3. The minimum atomic E-state index is -1.14. The summed E-state index contributed by atoms with van der Waals surface area (Å²) in [7, 11) is 0. The molecule has 0 aliphatic carbocycles. The van der Waals surface area contributed by atoms with E-state index >= 15 is 0 Å². The van der Waals surface area contributed by atoms with Gasteiger partial charge in [0.25, 0.3) is 5.69 Å². The lowest BCUT2D eigenvalue weighted by Crippen LogP contribution is -1.97. The van der Waals surface area contributed by atoms with E-state index in [0.717, 1.165) is 17.8 Å². The maximum Gasteiger partial charge on any atom is 0.335 e. The second-order valence-electron chi connectivity index (χ2n) is 3.92. The molecule has 0 fully saturated rings. The molecule has 21 heavy (non-hydrogen) atoms. The lowest BCUT2D eigenvalue weighted by Gasteiger charge is -2.06. The molecule has 1 N–H and O–H groups in total. The molecular weight excluding hydrogens is 412 g/mol. The predicted molar refractivity (Wildman–Crippen MR) is 83.3 cm³/mol. The Morgan fingerprint density at radius 3 is 2.52 bits per heavy atom. The van der Waals surface area contributed by atoms with Crippen molar-refractivity contribution in [1.82, 2.24) is 0 Å². The number of hydrogen-bond acceptors (Lipinski definition) is 4. The molecule has 0 radical (unpaired) electrons. The summed E-state index contributed by atoms with van der Waals surface area (Å²) in [5, 5.41) is 19.6. The number of carbonyl (C=O) groups is 1. The Hall–Kier alpha value is -1.68. The van der Waals surface area contributed by atoms with Crippen LogP contribution in [0, 0.1) is 19.5 Å². The summed E-state index contributed by atoms with van der Waals surface area (Å²) in [6, 6.07) is 7.72. The van der Waals surface area contributed by atoms with E-state index in [4.69, 9.17) is 5.11 Å². The highest BCUT2D eigenvalue weighted by atomic mass is 127. The standard InChI is InChI=1S/C13H7FINO4S/c14-9-3-1-7(13(17)18)5-12(9)21-11-4-2-8(16(19)20)6-10(11)15/h1-6H,(H,17,18). The number of hydrogen-bond donors (Lipinski definition) is 1. The molecule has 0 aromatic heterocycles. The maximum atomic E-state index is 13.7. The summed E-state index contributed by atoms with van der Waals surface area (Å²) in [5.74, 6) is -1.69. The van der Waals surface area contributed by atoms with Crippen molar-refractivity contribution in [2.45, 2.75) is 9.79 Å². The third kappa shape index (κ3) is 3.70. The third-order valence-electron chi connectivity index (χ3n) is 2.52. The van der Waals surface area contributed by atoms with Crippen LogP contribution >= 0.6 is 34.4 Å². The van der Waals surface area contributed by atoms with E-state index in [9.17, 15) is 19.3 Å². The van der Waals surface area contributed by atoms with Crippen molar-refractivity contribution < 1.29 is 19.2 Å². The Kier molecular flexibility index (Phi) is 4.78. The molecule has 8 heteroatoms. The molecule has 0 amide bonds. The summed E-state index contributed by atoms with van der Waals surface area (Å²) in [6.07, 6.45) is 0. The molecular formula is C13H7FINO4S. The van der Waals surface area contributed by atoms with Crippen molar-refractivity contribution in [2.24, 2.45) is 0 Å². The molecule has 108 valence electrons. The van der Waals surface area contributed by atoms with Crippen molar-refractivity contribution >= 4 is 46.0 Å². The fraction of sp³-hybridized carbons (Fsp3) is 0. The Morgan fingerprint density at radius 2 is 1.95 bits per heavy atom. The zero-order valence-electron chi connectivity index (χ0n) is 10.2. The molecule has 0 saturated carbocycles. The van der Waals surface area contributed by atoms with Gasteiger partial charge >= 0.3 is 5.97 Å². The van der Waals surface area contributed by atoms with Crippen LogP contribution in [0.1, 0.15) is 10.4 Å². The van der Waals surface area contributed by atoms with Crippen LogP contribution in [-0.4, -0.2) is 16.0 Å². The minimum Gasteiger partial charge on any atom is -0.478 e. The van der Waals surface area contributed by atoms with E-state index in [1.54, 1.807) is 0 Å². The number of benzene rings is 2. The van der Waals surface area contributed by atoms with Gasteiger partial charge in [-0.1, -0.05) is 11.8 Å². The van der Waals surface area contributed by atoms with Crippen LogP contribution in [0.4, 0.5) is 10.1 Å². The van der Waals surface area contributed by atoms with Gasteiger partial charge in [-0.05, 0) is 46.9 Å². The first-order valence-corrected chi connectivity index (χ1v) is 7.42. The van der Waals surface area contributed by atoms with Crippen molar-refractivity contribution in [3.8, 4) is 0 Å². The molecule has 0 unspecified atom stereocenters. The van der Waals surface area contributed by atoms with Gasteiger partial charge in [-0.25, -0.2) is 9.18 Å². The highest BCUT2D eigenvalue weighted by Gasteiger charge is 2.13. The fourth-order valence-electron chi connectivity index (χ4n) is 1.52. The van der Waals surface area contributed by atoms with Crippen LogP contribution in [-0.2, 0) is 0 Å². The van der Waals surface area contributed by atoms with Crippen molar-refractivity contribution in [1.29, 1.82) is 0 Å². The molecule has 0 aliphatic rings. The molecule has 0 atom stereocenters. The molecule has 0 spiro atoms. The Labute approximate surface area is 136 Å². The summed E-state index contributed by atoms with van der Waals surface area (Å²) in [4.78, 5) is 21.8. The lowest BCUT2D eigenvalue weighted by atomic mass is 10.2. The van der Waals surface area contributed by atoms with E-state index < -0.39 is 16.7 Å². The minimum absolute atomic E-state index is 0.0178. The zero-order chi connectivity index (χ0) is 15.6. The molecule has 2 rings (SSSR count). The molecule has 2 aromatic rings. The Bertz CT molecular complexity index is 738. The molecule has 5 nitrogen and oxygen atoms in total. The monoisotopic (exact) mass is 419 g/mol. The maximum absolute atomic E-state index is 13.7. The second-order valence-corrected chi connectivity index (χ2v) is 6.17. The largest absolute Gasteiger partial charge is 0.478 e. The van der Waals surface area contributed by atoms with E-state index in [1.165, 1.54) is 30.3 Å². The quantitative estimate of drug-likeness (QED) is 0.457. The van der Waals surface area contributed by atoms with Gasteiger partial charge in [-0.15, -0.1) is 0 Å². The first-order valence-electron chi connectivity index (χ1n) is 5.53. The van der Waals surface area contributed by atoms with Gasteiger partial charge in [0.1, 0.15) is 5.82 Å². The van der Waals surface area contributed by atoms with E-state index in [0.29, 0.717) is 8.47 Å². The molecule has 0 aliphatic heterocycles. The number of non-ortho nitro benzene ring substituents is 1. The molecule has 0 heterocycles. The molecule has 0 saturated heterocycles. The van der Waals surface area contributed by atoms with Crippen LogP contribution in [0.2, 0.25) is 0 Å². The first kappa shape index (κ1) is 15.7. The lowest BCUT2D eigenvalue weighted by molar-refractivity contribution is -0.385. The van der Waals surface area contributed by atoms with Crippen LogP contribution in [0.15, 0.2) is 46.2 Å². The van der Waals surface area contributed by atoms with Gasteiger partial charge in [0.15, 0.2) is 0 Å². The zero-order valence-corrected chi connectivity index (χ0v) is 13.2. The smallest absolute Gasteiger partial charge is 0.335 e. The second kappa shape index (κ2) is 6.39. The van der Waals surface area contributed by atoms with Gasteiger partial charge in [0.05, 0.1) is 10.5 Å². The number of carboxylic acid groups (broad SMARTS) is 1. The predicted octanol–water partition coefficient (Wildman–Crippen LogP) is 4.19. The van der Waals surface area contributed by atoms with E-state index in [2.05, 4.69) is 0 Å². The average Bonchev–Trinajstić information content (AvgIpc) is 2.42. The third-order valence-corrected chi connectivity index (χ3v) is 4.89. The summed E-state index contributed by atoms with van der Waals surface area (Å²) >= 11 is 2.94. The van der Waals surface area contributed by atoms with Crippen molar-refractivity contribution in [3.63, 3.8) is 0 Å². The van der Waals surface area contributed by atoms with E-state index in [-0.39, 0.29) is 16.1 Å². The topological polar surface area (TPSA) is 80.4 Å². The summed E-state index contributed by atoms with van der Waals surface area (Å²) in [6.45, 7) is 0. The van der Waals surface area contributed by atoms with Gasteiger partial charge in [0.2, 0.25) is 0 Å². The van der Waals surface area contributed by atoms with Crippen LogP contribution in [0.5, 0.6) is 0 Å². The SMILES string of the molecule is O=C(O)c1ccc(F)c(Sc2ccc([N+](=O)[O-])cc2I)c1. The average molecular weight is 419 g/mol. The Morgan fingerprint density at radius 1 is 1.24 bits per heavy atom. The van der Waals surface area contributed by atoms with Gasteiger partial charge < -0.3 is 5.11 Å². The first-order chi connectivity index (χ1) is 9.88. The van der Waals surface area contributed by atoms with Gasteiger partial charge in [-0.2, -0.15) is 0 Å². The van der Waals surface area contributed by atoms with Crippen LogP contribution in [0.25, 0.3) is 0 Å². The number of nitro benzene ring substituents is 1. The fourth-order valence-corrected chi connectivity index (χ4v) is 3.23. The van der Waals surface area contributed by atoms with Gasteiger partial charge in [0, 0.05) is 25.5 Å². The van der Waals surface area contributed by atoms with Crippen molar-refractivity contribution in [3.05, 3.63) is 61.5 Å². The number of carboxylic acids is 1.